The highest BCUT2D eigenvalue weighted by molar-refractivity contribution is 6.30. The third-order valence-corrected chi connectivity index (χ3v) is 5.56. The second-order valence-electron chi connectivity index (χ2n) is 7.06. The van der Waals surface area contributed by atoms with Crippen LogP contribution in [0.5, 0.6) is 5.75 Å². The molecule has 30 heavy (non-hydrogen) atoms. The quantitative estimate of drug-likeness (QED) is 0.582. The van der Waals surface area contributed by atoms with Crippen molar-refractivity contribution in [3.8, 4) is 28.1 Å². The number of halogens is 2. The molecule has 0 aliphatic heterocycles. The zero-order valence-corrected chi connectivity index (χ0v) is 18.1. The first-order valence-electron chi connectivity index (χ1n) is 9.53. The number of nitrogens with two attached hydrogens (primary N) is 1. The lowest BCUT2D eigenvalue weighted by Gasteiger charge is -2.19. The van der Waals surface area contributed by atoms with Crippen molar-refractivity contribution in [2.24, 2.45) is 5.73 Å². The van der Waals surface area contributed by atoms with Crippen LogP contribution in [0.3, 0.4) is 0 Å². The smallest absolute Gasteiger partial charge is 0.354 e. The third kappa shape index (κ3) is 3.90. The molecule has 1 aliphatic rings. The summed E-state index contributed by atoms with van der Waals surface area (Å²) in [4.78, 5) is 11.9. The molecular weight excluding hydrogens is 425 g/mol. The Morgan fingerprint density at radius 3 is 2.60 bits per heavy atom. The maximum atomic E-state index is 11.9. The van der Waals surface area contributed by atoms with Crippen LogP contribution in [0.1, 0.15) is 28.0 Å². The molecular formula is C22H23Cl2N3O3. The van der Waals surface area contributed by atoms with Gasteiger partial charge >= 0.3 is 5.97 Å². The molecule has 1 heterocycles. The minimum absolute atomic E-state index is 0. The van der Waals surface area contributed by atoms with E-state index in [-0.39, 0.29) is 18.1 Å². The maximum Gasteiger partial charge on any atom is 0.354 e. The minimum atomic E-state index is -0.953. The first-order chi connectivity index (χ1) is 14.0. The van der Waals surface area contributed by atoms with Gasteiger partial charge in [-0.3, -0.25) is 4.68 Å². The number of hydrogen-bond donors (Lipinski definition) is 2. The van der Waals surface area contributed by atoms with E-state index >= 15 is 0 Å². The number of rotatable bonds is 6. The summed E-state index contributed by atoms with van der Waals surface area (Å²) in [5.41, 5.74) is 11.4. The summed E-state index contributed by atoms with van der Waals surface area (Å²) in [6, 6.07) is 11.6. The lowest BCUT2D eigenvalue weighted by molar-refractivity contribution is 0.0681. The number of methoxy groups -OCH3 is 1. The van der Waals surface area contributed by atoms with Crippen molar-refractivity contribution >= 4 is 30.0 Å². The van der Waals surface area contributed by atoms with Crippen LogP contribution in [0.15, 0.2) is 36.4 Å². The van der Waals surface area contributed by atoms with E-state index in [9.17, 15) is 9.90 Å². The van der Waals surface area contributed by atoms with Gasteiger partial charge in [-0.05, 0) is 61.2 Å². The van der Waals surface area contributed by atoms with Gasteiger partial charge in [0.15, 0.2) is 0 Å². The zero-order chi connectivity index (χ0) is 20.5. The molecule has 4 rings (SSSR count). The van der Waals surface area contributed by atoms with E-state index < -0.39 is 5.97 Å². The van der Waals surface area contributed by atoms with E-state index in [4.69, 9.17) is 22.1 Å². The van der Waals surface area contributed by atoms with E-state index in [0.29, 0.717) is 31.0 Å². The third-order valence-electron chi connectivity index (χ3n) is 5.31. The van der Waals surface area contributed by atoms with Gasteiger partial charge in [-0.25, -0.2) is 4.79 Å². The molecule has 0 unspecified atom stereocenters. The van der Waals surface area contributed by atoms with E-state index in [0.717, 1.165) is 45.7 Å². The molecule has 0 amide bonds. The summed E-state index contributed by atoms with van der Waals surface area (Å²) in [7, 11) is 1.65. The normalized spacial score (nSPS) is 12.0. The summed E-state index contributed by atoms with van der Waals surface area (Å²) in [6.45, 7) is 0.971. The fraction of sp³-hybridized carbons (Fsp3) is 0.273. The lowest BCUT2D eigenvalue weighted by Crippen LogP contribution is -2.14. The fourth-order valence-corrected chi connectivity index (χ4v) is 4.05. The molecule has 0 fully saturated rings. The Kier molecular flexibility index (Phi) is 6.71. The summed E-state index contributed by atoms with van der Waals surface area (Å²) in [5, 5.41) is 15.1. The number of aromatic nitrogens is 2. The minimum Gasteiger partial charge on any atom is -0.496 e. The van der Waals surface area contributed by atoms with Crippen LogP contribution in [-0.4, -0.2) is 34.5 Å². The molecule has 1 aliphatic carbocycles. The molecule has 6 nitrogen and oxygen atoms in total. The Balaban J connectivity index is 0.00000256. The van der Waals surface area contributed by atoms with Crippen molar-refractivity contribution in [2.45, 2.75) is 25.8 Å². The Bertz CT molecular complexity index is 1080. The van der Waals surface area contributed by atoms with Crippen molar-refractivity contribution in [3.63, 3.8) is 0 Å². The van der Waals surface area contributed by atoms with Gasteiger partial charge in [0, 0.05) is 28.3 Å². The van der Waals surface area contributed by atoms with Gasteiger partial charge in [0.2, 0.25) is 0 Å². The summed E-state index contributed by atoms with van der Waals surface area (Å²) in [6.07, 6.45) is 2.05. The Hall–Kier alpha value is -2.54. The topological polar surface area (TPSA) is 90.4 Å². The van der Waals surface area contributed by atoms with Gasteiger partial charge in [0.1, 0.15) is 11.4 Å². The molecule has 158 valence electrons. The van der Waals surface area contributed by atoms with Crippen LogP contribution in [-0.2, 0) is 19.4 Å². The number of aryl methyl sites for hydroxylation is 2. The Labute approximate surface area is 186 Å². The van der Waals surface area contributed by atoms with E-state index in [2.05, 4.69) is 5.10 Å². The van der Waals surface area contributed by atoms with Crippen LogP contribution >= 0.6 is 24.0 Å². The predicted octanol–water partition coefficient (Wildman–Crippen LogP) is 4.45. The summed E-state index contributed by atoms with van der Waals surface area (Å²) >= 11 is 6.04. The zero-order valence-electron chi connectivity index (χ0n) is 16.5. The highest BCUT2D eigenvalue weighted by atomic mass is 35.5. The maximum absolute atomic E-state index is 11.9. The molecule has 3 aromatic rings. The number of benzene rings is 2. The SMILES string of the molecule is COc1cc2c(cc1-c1ccc(Cl)cc1)-c1nn(CCCN)c(C(=O)O)c1CC2.Cl. The van der Waals surface area contributed by atoms with Gasteiger partial charge in [0.25, 0.3) is 0 Å². The average molecular weight is 448 g/mol. The van der Waals surface area contributed by atoms with Crippen LogP contribution in [0.2, 0.25) is 5.02 Å². The molecule has 0 radical (unpaired) electrons. The fourth-order valence-electron chi connectivity index (χ4n) is 3.93. The van der Waals surface area contributed by atoms with Crippen molar-refractivity contribution in [2.75, 3.05) is 13.7 Å². The molecule has 0 saturated carbocycles. The van der Waals surface area contributed by atoms with Crippen molar-refractivity contribution in [1.82, 2.24) is 9.78 Å². The highest BCUT2D eigenvalue weighted by Gasteiger charge is 2.29. The molecule has 0 saturated heterocycles. The molecule has 3 N–H and O–H groups in total. The van der Waals surface area contributed by atoms with Crippen LogP contribution in [0.4, 0.5) is 0 Å². The van der Waals surface area contributed by atoms with Crippen molar-refractivity contribution in [3.05, 3.63) is 58.2 Å². The summed E-state index contributed by atoms with van der Waals surface area (Å²) in [5.74, 6) is -0.179. The number of fused-ring (bicyclic) bond motifs is 3. The van der Waals surface area contributed by atoms with Gasteiger partial charge < -0.3 is 15.6 Å². The first kappa shape index (κ1) is 22.2. The van der Waals surface area contributed by atoms with Crippen LogP contribution in [0, 0.1) is 0 Å². The molecule has 0 spiro atoms. The van der Waals surface area contributed by atoms with E-state index in [1.165, 1.54) is 0 Å². The number of carboxylic acid groups (broad SMARTS) is 1. The number of aromatic carboxylic acids is 1. The molecule has 8 heteroatoms. The number of hydrogen-bond acceptors (Lipinski definition) is 4. The van der Waals surface area contributed by atoms with Crippen molar-refractivity contribution < 1.29 is 14.6 Å². The number of ether oxygens (including phenoxy) is 1. The second-order valence-corrected chi connectivity index (χ2v) is 7.50. The molecule has 0 bridgehead atoms. The van der Waals surface area contributed by atoms with Crippen molar-refractivity contribution in [1.29, 1.82) is 0 Å². The largest absolute Gasteiger partial charge is 0.496 e. The van der Waals surface area contributed by atoms with Crippen LogP contribution in [0.25, 0.3) is 22.4 Å². The predicted molar refractivity (Wildman–Crippen MR) is 120 cm³/mol. The Morgan fingerprint density at radius 2 is 1.97 bits per heavy atom. The monoisotopic (exact) mass is 447 g/mol. The van der Waals surface area contributed by atoms with E-state index in [1.54, 1.807) is 11.8 Å². The lowest BCUT2D eigenvalue weighted by atomic mass is 9.86. The number of carboxylic acids is 1. The molecule has 0 atom stereocenters. The number of carbonyl (C=O) groups is 1. The highest BCUT2D eigenvalue weighted by Crippen LogP contribution is 2.41. The second kappa shape index (κ2) is 9.08. The van der Waals surface area contributed by atoms with Gasteiger partial charge in [-0.1, -0.05) is 23.7 Å². The molecule has 1 aromatic heterocycles. The average Bonchev–Trinajstić information content (AvgIpc) is 3.10. The summed E-state index contributed by atoms with van der Waals surface area (Å²) < 4.78 is 7.22. The standard InChI is InChI=1S/C22H22ClN3O3.ClH/c1-29-19-11-14-5-8-16-20(25-26(10-2-9-24)21(16)22(27)28)18(14)12-17(19)13-3-6-15(23)7-4-13;/h3-4,6-7,11-12H,2,5,8-10,24H2,1H3,(H,27,28);1H. The number of nitrogens with zero attached hydrogens (tertiary/aromatic N) is 2. The Morgan fingerprint density at radius 1 is 1.23 bits per heavy atom. The van der Waals surface area contributed by atoms with Crippen LogP contribution < -0.4 is 10.5 Å². The van der Waals surface area contributed by atoms with E-state index in [1.807, 2.05) is 36.4 Å². The van der Waals surface area contributed by atoms with Gasteiger partial charge in [0.05, 0.1) is 12.8 Å². The van der Waals surface area contributed by atoms with Gasteiger partial charge in [-0.2, -0.15) is 5.10 Å². The van der Waals surface area contributed by atoms with Gasteiger partial charge in [-0.15, -0.1) is 12.4 Å². The molecule has 2 aromatic carbocycles. The first-order valence-corrected chi connectivity index (χ1v) is 9.91.